The minimum absolute atomic E-state index is 0.0184. The molecule has 0 bridgehead atoms. The summed E-state index contributed by atoms with van der Waals surface area (Å²) in [5.74, 6) is -0.247. The Bertz CT molecular complexity index is 543. The predicted octanol–water partition coefficient (Wildman–Crippen LogP) is 2.51. The number of ketones is 1. The van der Waals surface area contributed by atoms with Crippen molar-refractivity contribution in [1.82, 2.24) is 0 Å². The van der Waals surface area contributed by atoms with Crippen LogP contribution in [-0.4, -0.2) is 62.3 Å². The van der Waals surface area contributed by atoms with Crippen molar-refractivity contribution in [3.63, 3.8) is 0 Å². The van der Waals surface area contributed by atoms with Crippen LogP contribution < -0.4 is 0 Å². The fourth-order valence-electron chi connectivity index (χ4n) is 4.47. The van der Waals surface area contributed by atoms with E-state index in [1.54, 1.807) is 0 Å². The van der Waals surface area contributed by atoms with E-state index in [0.29, 0.717) is 19.4 Å². The van der Waals surface area contributed by atoms with Crippen LogP contribution in [0.25, 0.3) is 0 Å². The molecule has 0 radical (unpaired) electrons. The van der Waals surface area contributed by atoms with Crippen LogP contribution in [0.4, 0.5) is 13.2 Å². The average molecular weight is 366 g/mol. The zero-order valence-electron chi connectivity index (χ0n) is 14.9. The van der Waals surface area contributed by atoms with Crippen molar-refractivity contribution in [2.75, 3.05) is 26.9 Å². The van der Waals surface area contributed by atoms with E-state index in [1.807, 2.05) is 20.8 Å². The first-order chi connectivity index (χ1) is 11.5. The van der Waals surface area contributed by atoms with Gasteiger partial charge in [0.25, 0.3) is 0 Å². The lowest BCUT2D eigenvalue weighted by Gasteiger charge is -2.44. The minimum Gasteiger partial charge on any atom is -0.373 e. The molecule has 0 aromatic rings. The first-order valence-electron chi connectivity index (χ1n) is 8.49. The molecule has 5 nitrogen and oxygen atoms in total. The lowest BCUT2D eigenvalue weighted by molar-refractivity contribution is -0.174. The van der Waals surface area contributed by atoms with E-state index < -0.39 is 35.5 Å². The summed E-state index contributed by atoms with van der Waals surface area (Å²) in [5, 5.41) is 0. The molecule has 5 atom stereocenters. The second-order valence-corrected chi connectivity index (χ2v) is 8.16. The second kappa shape index (κ2) is 5.90. The Labute approximate surface area is 145 Å². The molecule has 0 aromatic heterocycles. The van der Waals surface area contributed by atoms with Crippen molar-refractivity contribution in [2.24, 2.45) is 11.3 Å². The maximum absolute atomic E-state index is 12.8. The summed E-state index contributed by atoms with van der Waals surface area (Å²) in [6.45, 7) is 4.90. The van der Waals surface area contributed by atoms with Crippen LogP contribution in [0.1, 0.15) is 33.6 Å². The summed E-state index contributed by atoms with van der Waals surface area (Å²) in [6, 6.07) is 0. The monoisotopic (exact) mass is 366 g/mol. The fraction of sp³-hybridized carbons (Fsp3) is 0.941. The largest absolute Gasteiger partial charge is 0.411 e. The van der Waals surface area contributed by atoms with E-state index in [2.05, 4.69) is 4.74 Å². The second-order valence-electron chi connectivity index (χ2n) is 8.16. The van der Waals surface area contributed by atoms with Gasteiger partial charge in [0, 0.05) is 19.1 Å². The highest BCUT2D eigenvalue weighted by Gasteiger charge is 2.74. The molecule has 0 amide bonds. The molecule has 144 valence electrons. The SMILES string of the molecule is CO[C@@H]1C(=O)C(C)(C)C[C@]2(CO2)[C@H]1C1(C)O[C@@H]1CCOCC(F)(F)F. The van der Waals surface area contributed by atoms with Gasteiger partial charge in [0.15, 0.2) is 5.78 Å². The molecular formula is C17H25F3O5. The summed E-state index contributed by atoms with van der Waals surface area (Å²) in [5.41, 5.74) is -1.64. The lowest BCUT2D eigenvalue weighted by atomic mass is 9.60. The summed E-state index contributed by atoms with van der Waals surface area (Å²) < 4.78 is 58.2. The number of methoxy groups -OCH3 is 1. The Morgan fingerprint density at radius 2 is 1.92 bits per heavy atom. The Morgan fingerprint density at radius 1 is 1.28 bits per heavy atom. The number of epoxide rings is 2. The Hall–Kier alpha value is -0.700. The zero-order chi connectivity index (χ0) is 18.7. The van der Waals surface area contributed by atoms with Crippen LogP contribution in [0.15, 0.2) is 0 Å². The maximum atomic E-state index is 12.8. The normalized spacial score (nSPS) is 42.7. The molecule has 1 saturated carbocycles. The number of hydrogen-bond acceptors (Lipinski definition) is 5. The molecular weight excluding hydrogens is 341 g/mol. The number of carbonyl (C=O) groups excluding carboxylic acids is 1. The van der Waals surface area contributed by atoms with Gasteiger partial charge in [-0.3, -0.25) is 4.79 Å². The smallest absolute Gasteiger partial charge is 0.373 e. The number of carbonyl (C=O) groups is 1. The van der Waals surface area contributed by atoms with Gasteiger partial charge in [0.1, 0.15) is 23.9 Å². The molecule has 3 fully saturated rings. The van der Waals surface area contributed by atoms with Gasteiger partial charge in [0.05, 0.1) is 18.6 Å². The van der Waals surface area contributed by atoms with Gasteiger partial charge in [-0.05, 0) is 19.8 Å². The van der Waals surface area contributed by atoms with E-state index >= 15 is 0 Å². The number of halogens is 3. The molecule has 2 heterocycles. The third-order valence-corrected chi connectivity index (χ3v) is 5.69. The molecule has 1 unspecified atom stereocenters. The fourth-order valence-corrected chi connectivity index (χ4v) is 4.47. The minimum atomic E-state index is -4.33. The quantitative estimate of drug-likeness (QED) is 0.534. The van der Waals surface area contributed by atoms with Crippen LogP contribution in [0.5, 0.6) is 0 Å². The predicted molar refractivity (Wildman–Crippen MR) is 81.1 cm³/mol. The van der Waals surface area contributed by atoms with Gasteiger partial charge in [-0.25, -0.2) is 0 Å². The highest BCUT2D eigenvalue weighted by Crippen LogP contribution is 2.61. The van der Waals surface area contributed by atoms with Gasteiger partial charge in [-0.15, -0.1) is 0 Å². The van der Waals surface area contributed by atoms with Gasteiger partial charge in [0.2, 0.25) is 0 Å². The molecule has 3 rings (SSSR count). The molecule has 1 spiro atoms. The van der Waals surface area contributed by atoms with Crippen molar-refractivity contribution in [3.8, 4) is 0 Å². The molecule has 2 aliphatic heterocycles. The standard InChI is InChI=1S/C17H25F3O5/c1-14(2)7-16(8-24-16)12(11(22-4)13(14)21)15(3)10(25-15)5-6-23-9-17(18,19)20/h10-12H,5-9H2,1-4H3/t10-,11+,12-,15?,16+/m1/s1. The molecule has 3 aliphatic rings. The number of ether oxygens (including phenoxy) is 4. The van der Waals surface area contributed by atoms with Gasteiger partial charge >= 0.3 is 6.18 Å². The summed E-state index contributed by atoms with van der Waals surface area (Å²) in [4.78, 5) is 12.8. The first-order valence-corrected chi connectivity index (χ1v) is 8.49. The van der Waals surface area contributed by atoms with Crippen LogP contribution in [0, 0.1) is 11.3 Å². The van der Waals surface area contributed by atoms with E-state index in [-0.39, 0.29) is 24.4 Å². The van der Waals surface area contributed by atoms with Crippen molar-refractivity contribution < 1.29 is 36.9 Å². The average Bonchev–Trinajstić information content (AvgIpc) is 3.37. The van der Waals surface area contributed by atoms with E-state index in [0.717, 1.165) is 0 Å². The number of Topliss-reactive ketones (excluding diaryl/α,β-unsaturated/α-hetero) is 1. The van der Waals surface area contributed by atoms with Crippen molar-refractivity contribution in [1.29, 1.82) is 0 Å². The first kappa shape index (κ1) is 19.1. The van der Waals surface area contributed by atoms with Crippen LogP contribution in [0.3, 0.4) is 0 Å². The number of alkyl halides is 3. The third kappa shape index (κ3) is 3.46. The lowest BCUT2D eigenvalue weighted by Crippen LogP contribution is -2.58. The number of hydrogen-bond donors (Lipinski definition) is 0. The Morgan fingerprint density at radius 3 is 2.44 bits per heavy atom. The van der Waals surface area contributed by atoms with Gasteiger partial charge < -0.3 is 18.9 Å². The molecule has 0 aromatic carbocycles. The molecule has 1 aliphatic carbocycles. The maximum Gasteiger partial charge on any atom is 0.411 e. The Balaban J connectivity index is 1.65. The van der Waals surface area contributed by atoms with Gasteiger partial charge in [-0.2, -0.15) is 13.2 Å². The van der Waals surface area contributed by atoms with Crippen LogP contribution in [0.2, 0.25) is 0 Å². The van der Waals surface area contributed by atoms with Crippen molar-refractivity contribution in [2.45, 2.75) is 63.2 Å². The topological polar surface area (TPSA) is 60.6 Å². The van der Waals surface area contributed by atoms with Crippen molar-refractivity contribution in [3.05, 3.63) is 0 Å². The zero-order valence-corrected chi connectivity index (χ0v) is 14.9. The third-order valence-electron chi connectivity index (χ3n) is 5.69. The summed E-state index contributed by atoms with van der Waals surface area (Å²) >= 11 is 0. The van der Waals surface area contributed by atoms with Crippen LogP contribution >= 0.6 is 0 Å². The van der Waals surface area contributed by atoms with E-state index in [1.165, 1.54) is 7.11 Å². The molecule has 2 saturated heterocycles. The van der Waals surface area contributed by atoms with E-state index in [9.17, 15) is 18.0 Å². The van der Waals surface area contributed by atoms with Gasteiger partial charge in [-0.1, -0.05) is 13.8 Å². The Kier molecular flexibility index (Phi) is 4.50. The molecule has 8 heteroatoms. The number of rotatable bonds is 6. The highest BCUT2D eigenvalue weighted by atomic mass is 19.4. The van der Waals surface area contributed by atoms with E-state index in [4.69, 9.17) is 14.2 Å². The molecule has 25 heavy (non-hydrogen) atoms. The summed E-state index contributed by atoms with van der Waals surface area (Å²) in [6.07, 6.45) is -4.30. The summed E-state index contributed by atoms with van der Waals surface area (Å²) in [7, 11) is 1.50. The van der Waals surface area contributed by atoms with Crippen molar-refractivity contribution >= 4 is 5.78 Å². The molecule has 0 N–H and O–H groups in total. The van der Waals surface area contributed by atoms with Crippen LogP contribution in [-0.2, 0) is 23.7 Å². The highest BCUT2D eigenvalue weighted by molar-refractivity contribution is 5.90.